The van der Waals surface area contributed by atoms with E-state index in [1.807, 2.05) is 13.8 Å². The van der Waals surface area contributed by atoms with Gasteiger partial charge < -0.3 is 10.1 Å². The molecule has 1 aromatic heterocycles. The molecule has 1 rings (SSSR count). The molecule has 0 radical (unpaired) electrons. The van der Waals surface area contributed by atoms with Gasteiger partial charge >= 0.3 is 0 Å². The molecule has 0 fully saturated rings. The third-order valence-electron chi connectivity index (χ3n) is 2.91. The molecule has 0 saturated carbocycles. The summed E-state index contributed by atoms with van der Waals surface area (Å²) in [6.45, 7) is 7.65. The van der Waals surface area contributed by atoms with Crippen molar-refractivity contribution in [2.45, 2.75) is 44.2 Å². The average molecular weight is 320 g/mol. The molecule has 0 spiro atoms. The fourth-order valence-electron chi connectivity index (χ4n) is 1.41. The highest BCUT2D eigenvalue weighted by Gasteiger charge is 2.22. The molecule has 1 aromatic rings. The van der Waals surface area contributed by atoms with Crippen molar-refractivity contribution in [3.63, 3.8) is 0 Å². The normalized spacial score (nSPS) is 12.8. The zero-order valence-electron chi connectivity index (χ0n) is 12.5. The fourth-order valence-corrected chi connectivity index (χ4v) is 3.85. The lowest BCUT2D eigenvalue weighted by Crippen LogP contribution is -2.39. The molecule has 7 heteroatoms. The van der Waals surface area contributed by atoms with Gasteiger partial charge in [-0.15, -0.1) is 11.3 Å². The monoisotopic (exact) mass is 320 g/mol. The van der Waals surface area contributed by atoms with Crippen molar-refractivity contribution in [3.05, 3.63) is 16.3 Å². The lowest BCUT2D eigenvalue weighted by Gasteiger charge is -2.22. The van der Waals surface area contributed by atoms with Crippen molar-refractivity contribution in [2.75, 3.05) is 20.2 Å². The van der Waals surface area contributed by atoms with Crippen LogP contribution >= 0.6 is 11.3 Å². The average Bonchev–Trinajstić information content (AvgIpc) is 2.87. The van der Waals surface area contributed by atoms with E-state index in [1.54, 1.807) is 18.6 Å². The quantitative estimate of drug-likeness (QED) is 0.683. The first-order valence-corrected chi connectivity index (χ1v) is 9.00. The largest absolute Gasteiger partial charge is 0.377 e. The molecule has 0 aliphatic heterocycles. The molecule has 0 aliphatic rings. The van der Waals surface area contributed by atoms with Gasteiger partial charge in [0.25, 0.3) is 0 Å². The van der Waals surface area contributed by atoms with Gasteiger partial charge in [0.2, 0.25) is 10.0 Å². The van der Waals surface area contributed by atoms with E-state index >= 15 is 0 Å². The van der Waals surface area contributed by atoms with Crippen LogP contribution in [0.15, 0.2) is 16.3 Å². The van der Waals surface area contributed by atoms with Crippen molar-refractivity contribution >= 4 is 21.4 Å². The van der Waals surface area contributed by atoms with Gasteiger partial charge in [-0.25, -0.2) is 13.1 Å². The number of thiophene rings is 1. The van der Waals surface area contributed by atoms with Crippen LogP contribution in [0.2, 0.25) is 0 Å². The first-order valence-electron chi connectivity index (χ1n) is 6.63. The number of methoxy groups -OCH3 is 1. The van der Waals surface area contributed by atoms with E-state index in [2.05, 4.69) is 17.0 Å². The summed E-state index contributed by atoms with van der Waals surface area (Å²) in [6.07, 6.45) is 1.06. The minimum absolute atomic E-state index is 0.241. The van der Waals surface area contributed by atoms with Gasteiger partial charge in [0.05, 0.1) is 10.5 Å². The SMILES string of the molecule is CCCNCc1cc(S(=O)(=O)NCC(C)(C)OC)cs1. The van der Waals surface area contributed by atoms with Crippen molar-refractivity contribution in [1.29, 1.82) is 0 Å². The summed E-state index contributed by atoms with van der Waals surface area (Å²) in [7, 11) is -1.89. The number of hydrogen-bond donors (Lipinski definition) is 2. The molecule has 0 aliphatic carbocycles. The Morgan fingerprint density at radius 1 is 1.40 bits per heavy atom. The Labute approximate surface area is 125 Å². The standard InChI is InChI=1S/C13H24N2O3S2/c1-5-6-14-8-11-7-12(9-19-11)20(16,17)15-10-13(2,3)18-4/h7,9,14-15H,5-6,8,10H2,1-4H3. The minimum atomic E-state index is -3.46. The number of hydrogen-bond acceptors (Lipinski definition) is 5. The molecule has 0 amide bonds. The molecule has 1 heterocycles. The van der Waals surface area contributed by atoms with Crippen LogP contribution in [0.25, 0.3) is 0 Å². The Hall–Kier alpha value is -0.470. The number of sulfonamides is 1. The van der Waals surface area contributed by atoms with Gasteiger partial charge in [0.15, 0.2) is 0 Å². The molecule has 0 atom stereocenters. The van der Waals surface area contributed by atoms with Gasteiger partial charge in [0, 0.05) is 30.5 Å². The van der Waals surface area contributed by atoms with E-state index in [0.29, 0.717) is 11.4 Å². The minimum Gasteiger partial charge on any atom is -0.377 e. The highest BCUT2D eigenvalue weighted by molar-refractivity contribution is 7.89. The molecule has 0 saturated heterocycles. The summed E-state index contributed by atoms with van der Waals surface area (Å²) in [4.78, 5) is 1.34. The van der Waals surface area contributed by atoms with Gasteiger partial charge in [-0.1, -0.05) is 6.92 Å². The second-order valence-corrected chi connectivity index (χ2v) is 7.98. The molecular formula is C13H24N2O3S2. The van der Waals surface area contributed by atoms with Crippen molar-refractivity contribution in [2.24, 2.45) is 0 Å². The third kappa shape index (κ3) is 5.49. The van der Waals surface area contributed by atoms with Crippen LogP contribution in [-0.2, 0) is 21.3 Å². The van der Waals surface area contributed by atoms with Gasteiger partial charge in [-0.3, -0.25) is 0 Å². The van der Waals surface area contributed by atoms with Crippen molar-refractivity contribution < 1.29 is 13.2 Å². The molecule has 116 valence electrons. The molecular weight excluding hydrogens is 296 g/mol. The summed E-state index contributed by atoms with van der Waals surface area (Å²) >= 11 is 1.45. The van der Waals surface area contributed by atoms with Crippen LogP contribution in [0.5, 0.6) is 0 Å². The van der Waals surface area contributed by atoms with Crippen LogP contribution in [0, 0.1) is 0 Å². The Balaban J connectivity index is 2.64. The third-order valence-corrected chi connectivity index (χ3v) is 5.37. The van der Waals surface area contributed by atoms with Crippen LogP contribution in [0.4, 0.5) is 0 Å². The topological polar surface area (TPSA) is 67.4 Å². The zero-order valence-corrected chi connectivity index (χ0v) is 14.2. The lowest BCUT2D eigenvalue weighted by molar-refractivity contribution is 0.0276. The summed E-state index contributed by atoms with van der Waals surface area (Å²) in [6, 6.07) is 1.72. The Morgan fingerprint density at radius 3 is 2.70 bits per heavy atom. The highest BCUT2D eigenvalue weighted by Crippen LogP contribution is 2.19. The number of rotatable bonds is 9. The Morgan fingerprint density at radius 2 is 2.10 bits per heavy atom. The van der Waals surface area contributed by atoms with Crippen LogP contribution in [-0.4, -0.2) is 34.2 Å². The van der Waals surface area contributed by atoms with Crippen LogP contribution < -0.4 is 10.0 Å². The predicted octanol–water partition coefficient (Wildman–Crippen LogP) is 1.95. The maximum atomic E-state index is 12.2. The second kappa shape index (κ2) is 7.51. The van der Waals surface area contributed by atoms with Gasteiger partial charge in [-0.2, -0.15) is 0 Å². The highest BCUT2D eigenvalue weighted by atomic mass is 32.2. The molecule has 0 aromatic carbocycles. The Bertz CT molecular complexity index is 509. The zero-order chi connectivity index (χ0) is 15.2. The second-order valence-electron chi connectivity index (χ2n) is 5.21. The number of ether oxygens (including phenoxy) is 1. The molecule has 0 unspecified atom stereocenters. The predicted molar refractivity (Wildman–Crippen MR) is 82.6 cm³/mol. The summed E-state index contributed by atoms with van der Waals surface area (Å²) in [5.74, 6) is 0. The maximum absolute atomic E-state index is 12.2. The molecule has 2 N–H and O–H groups in total. The summed E-state index contributed by atoms with van der Waals surface area (Å²) < 4.78 is 32.1. The first-order chi connectivity index (χ1) is 9.30. The molecule has 0 bridgehead atoms. The summed E-state index contributed by atoms with van der Waals surface area (Å²) in [5, 5.41) is 4.93. The Kier molecular flexibility index (Phi) is 6.60. The molecule has 20 heavy (non-hydrogen) atoms. The van der Waals surface area contributed by atoms with Crippen LogP contribution in [0.1, 0.15) is 32.1 Å². The summed E-state index contributed by atoms with van der Waals surface area (Å²) in [5.41, 5.74) is -0.519. The van der Waals surface area contributed by atoms with E-state index in [4.69, 9.17) is 4.74 Å². The van der Waals surface area contributed by atoms with Crippen molar-refractivity contribution in [1.82, 2.24) is 10.0 Å². The van der Waals surface area contributed by atoms with Crippen molar-refractivity contribution in [3.8, 4) is 0 Å². The fraction of sp³-hybridized carbons (Fsp3) is 0.692. The van der Waals surface area contributed by atoms with Gasteiger partial charge in [-0.05, 0) is 32.9 Å². The van der Waals surface area contributed by atoms with E-state index in [9.17, 15) is 8.42 Å². The van der Waals surface area contributed by atoms with E-state index < -0.39 is 15.6 Å². The smallest absolute Gasteiger partial charge is 0.241 e. The maximum Gasteiger partial charge on any atom is 0.241 e. The first kappa shape index (κ1) is 17.6. The van der Waals surface area contributed by atoms with E-state index in [-0.39, 0.29) is 6.54 Å². The number of nitrogens with one attached hydrogen (secondary N) is 2. The van der Waals surface area contributed by atoms with Gasteiger partial charge in [0.1, 0.15) is 0 Å². The van der Waals surface area contributed by atoms with Crippen LogP contribution in [0.3, 0.4) is 0 Å². The lowest BCUT2D eigenvalue weighted by atomic mass is 10.1. The molecule has 5 nitrogen and oxygen atoms in total. The van der Waals surface area contributed by atoms with E-state index in [1.165, 1.54) is 11.3 Å². The van der Waals surface area contributed by atoms with E-state index in [0.717, 1.165) is 17.8 Å².